The first-order valence-electron chi connectivity index (χ1n) is 10.8. The van der Waals surface area contributed by atoms with E-state index in [4.69, 9.17) is 4.74 Å². The molecule has 0 bridgehead atoms. The number of carbonyl (C=O) groups excluding carboxylic acids is 1. The van der Waals surface area contributed by atoms with E-state index >= 15 is 0 Å². The molecule has 178 valence electrons. The van der Waals surface area contributed by atoms with Crippen molar-refractivity contribution in [2.45, 2.75) is 24.0 Å². The number of ether oxygens (including phenoxy) is 1. The number of hydrogen-bond donors (Lipinski definition) is 1. The molecule has 1 aromatic heterocycles. The van der Waals surface area contributed by atoms with Crippen molar-refractivity contribution in [3.63, 3.8) is 0 Å². The van der Waals surface area contributed by atoms with E-state index in [-0.39, 0.29) is 18.1 Å². The van der Waals surface area contributed by atoms with Crippen molar-refractivity contribution >= 4 is 23.4 Å². The van der Waals surface area contributed by atoms with Crippen LogP contribution in [0.5, 0.6) is 5.75 Å². The van der Waals surface area contributed by atoms with Gasteiger partial charge in [0.15, 0.2) is 11.0 Å². The molecule has 0 spiro atoms. The highest BCUT2D eigenvalue weighted by molar-refractivity contribution is 7.98. The molecule has 0 radical (unpaired) electrons. The van der Waals surface area contributed by atoms with Gasteiger partial charge in [-0.1, -0.05) is 54.2 Å². The van der Waals surface area contributed by atoms with Crippen molar-refractivity contribution in [2.24, 2.45) is 0 Å². The Morgan fingerprint density at radius 2 is 1.71 bits per heavy atom. The first-order valence-corrected chi connectivity index (χ1v) is 11.8. The first-order chi connectivity index (χ1) is 17.0. The van der Waals surface area contributed by atoms with Crippen molar-refractivity contribution in [3.8, 4) is 5.75 Å². The fourth-order valence-corrected chi connectivity index (χ4v) is 4.26. The Kier molecular flexibility index (Phi) is 7.74. The second kappa shape index (κ2) is 11.3. The number of nitrogens with zero attached hydrogens (tertiary/aromatic N) is 4. The average molecular weight is 490 g/mol. The van der Waals surface area contributed by atoms with Gasteiger partial charge in [0.2, 0.25) is 0 Å². The van der Waals surface area contributed by atoms with Gasteiger partial charge in [0, 0.05) is 23.4 Å². The highest BCUT2D eigenvalue weighted by Crippen LogP contribution is 2.24. The monoisotopic (exact) mass is 489 g/mol. The number of nitrogens with one attached hydrogen (secondary N) is 1. The minimum Gasteiger partial charge on any atom is -0.497 e. The standard InChI is InChI=1S/C25H23N5O4S/c1-34-22-13-9-20(10-14-22)24(31)26-15-23-27-28-25(29(23)16-18-5-3-2-4-6-18)35-17-19-7-11-21(12-8-19)30(32)33/h2-14H,15-17H2,1H3,(H,26,31). The lowest BCUT2D eigenvalue weighted by molar-refractivity contribution is -0.384. The molecule has 0 saturated heterocycles. The first kappa shape index (κ1) is 24.0. The molecule has 0 unspecified atom stereocenters. The number of aromatic nitrogens is 3. The predicted molar refractivity (Wildman–Crippen MR) is 132 cm³/mol. The molecule has 4 aromatic rings. The summed E-state index contributed by atoms with van der Waals surface area (Å²) >= 11 is 1.48. The van der Waals surface area contributed by atoms with Crippen molar-refractivity contribution in [3.05, 3.63) is 111 Å². The summed E-state index contributed by atoms with van der Waals surface area (Å²) in [5.41, 5.74) is 2.59. The van der Waals surface area contributed by atoms with Crippen LogP contribution in [-0.2, 0) is 18.8 Å². The lowest BCUT2D eigenvalue weighted by Crippen LogP contribution is -2.25. The quantitative estimate of drug-likeness (QED) is 0.199. The molecule has 35 heavy (non-hydrogen) atoms. The number of rotatable bonds is 10. The third kappa shape index (κ3) is 6.24. The molecule has 10 heteroatoms. The van der Waals surface area contributed by atoms with E-state index in [1.54, 1.807) is 43.5 Å². The summed E-state index contributed by atoms with van der Waals surface area (Å²) in [5, 5.41) is 23.2. The number of amides is 1. The van der Waals surface area contributed by atoms with Crippen LogP contribution in [0.3, 0.4) is 0 Å². The van der Waals surface area contributed by atoms with Crippen molar-refractivity contribution in [1.82, 2.24) is 20.1 Å². The maximum atomic E-state index is 12.6. The van der Waals surface area contributed by atoms with Gasteiger partial charge < -0.3 is 14.6 Å². The summed E-state index contributed by atoms with van der Waals surface area (Å²) in [6, 6.07) is 23.3. The zero-order valence-electron chi connectivity index (χ0n) is 19.0. The van der Waals surface area contributed by atoms with E-state index in [0.717, 1.165) is 11.1 Å². The molecule has 4 rings (SSSR count). The SMILES string of the molecule is COc1ccc(C(=O)NCc2nnc(SCc3ccc([N+](=O)[O-])cc3)n2Cc2ccccc2)cc1. The van der Waals surface area contributed by atoms with E-state index in [2.05, 4.69) is 15.5 Å². The Morgan fingerprint density at radius 3 is 2.37 bits per heavy atom. The van der Waals surface area contributed by atoms with Crippen LogP contribution in [0.1, 0.15) is 27.3 Å². The van der Waals surface area contributed by atoms with Gasteiger partial charge in [0.1, 0.15) is 5.75 Å². The molecule has 0 aliphatic heterocycles. The van der Waals surface area contributed by atoms with Crippen LogP contribution in [-0.4, -0.2) is 32.7 Å². The molecule has 1 heterocycles. The number of non-ortho nitro benzene ring substituents is 1. The van der Waals surface area contributed by atoms with Gasteiger partial charge in [0.25, 0.3) is 11.6 Å². The third-order valence-corrected chi connectivity index (χ3v) is 6.29. The second-order valence-electron chi connectivity index (χ2n) is 7.59. The normalized spacial score (nSPS) is 10.7. The Bertz CT molecular complexity index is 1290. The number of carbonyl (C=O) groups is 1. The maximum absolute atomic E-state index is 12.6. The van der Waals surface area contributed by atoms with Gasteiger partial charge in [-0.25, -0.2) is 0 Å². The van der Waals surface area contributed by atoms with Gasteiger partial charge in [-0.05, 0) is 35.4 Å². The van der Waals surface area contributed by atoms with Crippen LogP contribution in [0.15, 0.2) is 84.0 Å². The summed E-state index contributed by atoms with van der Waals surface area (Å²) in [6.07, 6.45) is 0. The fourth-order valence-electron chi connectivity index (χ4n) is 3.35. The predicted octanol–water partition coefficient (Wildman–Crippen LogP) is 4.47. The van der Waals surface area contributed by atoms with E-state index in [1.807, 2.05) is 34.9 Å². The number of hydrogen-bond acceptors (Lipinski definition) is 7. The number of benzene rings is 3. The Morgan fingerprint density at radius 1 is 1.00 bits per heavy atom. The second-order valence-corrected chi connectivity index (χ2v) is 8.54. The molecular weight excluding hydrogens is 466 g/mol. The summed E-state index contributed by atoms with van der Waals surface area (Å²) in [7, 11) is 1.58. The lowest BCUT2D eigenvalue weighted by Gasteiger charge is -2.11. The minimum absolute atomic E-state index is 0.0564. The topological polar surface area (TPSA) is 112 Å². The van der Waals surface area contributed by atoms with Crippen LogP contribution in [0.25, 0.3) is 0 Å². The molecule has 1 amide bonds. The van der Waals surface area contributed by atoms with Crippen molar-refractivity contribution < 1.29 is 14.5 Å². The number of nitro benzene ring substituents is 1. The largest absolute Gasteiger partial charge is 0.497 e. The third-order valence-electron chi connectivity index (χ3n) is 5.25. The Balaban J connectivity index is 1.49. The fraction of sp³-hybridized carbons (Fsp3) is 0.160. The van der Waals surface area contributed by atoms with Crippen LogP contribution in [0.4, 0.5) is 5.69 Å². The summed E-state index contributed by atoms with van der Waals surface area (Å²) in [4.78, 5) is 23.1. The maximum Gasteiger partial charge on any atom is 0.269 e. The van der Waals surface area contributed by atoms with E-state index in [1.165, 1.54) is 23.9 Å². The smallest absolute Gasteiger partial charge is 0.269 e. The van der Waals surface area contributed by atoms with Gasteiger partial charge in [-0.15, -0.1) is 10.2 Å². The molecular formula is C25H23N5O4S. The lowest BCUT2D eigenvalue weighted by atomic mass is 10.2. The van der Waals surface area contributed by atoms with Crippen molar-refractivity contribution in [1.29, 1.82) is 0 Å². The average Bonchev–Trinajstić information content (AvgIpc) is 3.28. The number of thioether (sulfide) groups is 1. The summed E-state index contributed by atoms with van der Waals surface area (Å²) in [6.45, 7) is 0.757. The molecule has 1 N–H and O–H groups in total. The summed E-state index contributed by atoms with van der Waals surface area (Å²) < 4.78 is 7.11. The number of methoxy groups -OCH3 is 1. The van der Waals surface area contributed by atoms with E-state index in [9.17, 15) is 14.9 Å². The zero-order valence-corrected chi connectivity index (χ0v) is 19.8. The highest BCUT2D eigenvalue weighted by Gasteiger charge is 2.15. The highest BCUT2D eigenvalue weighted by atomic mass is 32.2. The summed E-state index contributed by atoms with van der Waals surface area (Å²) in [5.74, 6) is 1.66. The van der Waals surface area contributed by atoms with Gasteiger partial charge in [0.05, 0.1) is 25.1 Å². The van der Waals surface area contributed by atoms with Gasteiger partial charge in [-0.3, -0.25) is 14.9 Å². The van der Waals surface area contributed by atoms with Crippen LogP contribution >= 0.6 is 11.8 Å². The zero-order chi connectivity index (χ0) is 24.6. The molecule has 0 fully saturated rings. The molecule has 9 nitrogen and oxygen atoms in total. The van der Waals surface area contributed by atoms with Gasteiger partial charge in [-0.2, -0.15) is 0 Å². The van der Waals surface area contributed by atoms with E-state index < -0.39 is 4.92 Å². The van der Waals surface area contributed by atoms with Gasteiger partial charge >= 0.3 is 0 Å². The van der Waals surface area contributed by atoms with E-state index in [0.29, 0.717) is 34.6 Å². The molecule has 3 aromatic carbocycles. The van der Waals surface area contributed by atoms with Crippen LogP contribution < -0.4 is 10.1 Å². The molecule has 0 aliphatic rings. The van der Waals surface area contributed by atoms with Crippen molar-refractivity contribution in [2.75, 3.05) is 7.11 Å². The molecule has 0 atom stereocenters. The molecule has 0 saturated carbocycles. The Labute approximate surface area is 206 Å². The Hall–Kier alpha value is -4.18. The minimum atomic E-state index is -0.417. The van der Waals surface area contributed by atoms with Crippen LogP contribution in [0, 0.1) is 10.1 Å². The molecule has 0 aliphatic carbocycles. The van der Waals surface area contributed by atoms with Crippen LogP contribution in [0.2, 0.25) is 0 Å². The number of nitro groups is 1.